The van der Waals surface area contributed by atoms with Gasteiger partial charge in [0, 0.05) is 6.42 Å². The summed E-state index contributed by atoms with van der Waals surface area (Å²) < 4.78 is 5.04. The van der Waals surface area contributed by atoms with Gasteiger partial charge < -0.3 is 9.84 Å². The van der Waals surface area contributed by atoms with Crippen LogP contribution in [0.5, 0.6) is 0 Å². The first-order valence-corrected chi connectivity index (χ1v) is 6.12. The molecule has 0 aliphatic heterocycles. The molecule has 0 aliphatic rings. The molecular formula is C10H15N3O4S. The minimum Gasteiger partial charge on any atom is -0.481 e. The van der Waals surface area contributed by atoms with E-state index in [1.807, 2.05) is 0 Å². The van der Waals surface area contributed by atoms with Gasteiger partial charge in [-0.15, -0.1) is 10.2 Å². The second-order valence-electron chi connectivity index (χ2n) is 4.52. The van der Waals surface area contributed by atoms with E-state index in [9.17, 15) is 9.59 Å². The molecule has 0 saturated carbocycles. The van der Waals surface area contributed by atoms with Crippen LogP contribution >= 0.6 is 11.3 Å². The van der Waals surface area contributed by atoms with Crippen molar-refractivity contribution in [1.29, 1.82) is 0 Å². The van der Waals surface area contributed by atoms with Crippen LogP contribution in [0.4, 0.5) is 9.93 Å². The summed E-state index contributed by atoms with van der Waals surface area (Å²) in [5.74, 6) is -0.896. The molecule has 0 aliphatic carbocycles. The van der Waals surface area contributed by atoms with Crippen molar-refractivity contribution in [2.24, 2.45) is 0 Å². The molecule has 0 saturated heterocycles. The molecule has 0 radical (unpaired) electrons. The minimum absolute atomic E-state index is 0.0128. The average Bonchev–Trinajstić information content (AvgIpc) is 2.59. The summed E-state index contributed by atoms with van der Waals surface area (Å²) in [5.41, 5.74) is -0.582. The number of carbonyl (C=O) groups is 2. The number of aryl methyl sites for hydroxylation is 1. The molecule has 0 bridgehead atoms. The fraction of sp³-hybridized carbons (Fsp3) is 0.600. The van der Waals surface area contributed by atoms with Gasteiger partial charge >= 0.3 is 12.1 Å². The summed E-state index contributed by atoms with van der Waals surface area (Å²) in [4.78, 5) is 21.8. The predicted molar refractivity (Wildman–Crippen MR) is 65.7 cm³/mol. The van der Waals surface area contributed by atoms with E-state index in [0.717, 1.165) is 11.3 Å². The largest absolute Gasteiger partial charge is 0.481 e. The van der Waals surface area contributed by atoms with E-state index in [-0.39, 0.29) is 6.42 Å². The van der Waals surface area contributed by atoms with E-state index in [4.69, 9.17) is 9.84 Å². The monoisotopic (exact) mass is 273 g/mol. The molecule has 1 amide bonds. The van der Waals surface area contributed by atoms with Crippen molar-refractivity contribution in [1.82, 2.24) is 10.2 Å². The lowest BCUT2D eigenvalue weighted by Crippen LogP contribution is -2.27. The normalized spacial score (nSPS) is 11.1. The van der Waals surface area contributed by atoms with Crippen molar-refractivity contribution in [3.63, 3.8) is 0 Å². The molecular weight excluding hydrogens is 258 g/mol. The third kappa shape index (κ3) is 5.58. The lowest BCUT2D eigenvalue weighted by molar-refractivity contribution is -0.136. The van der Waals surface area contributed by atoms with Crippen LogP contribution in [0.2, 0.25) is 0 Å². The number of ether oxygens (including phenoxy) is 1. The Labute approximate surface area is 108 Å². The number of aromatic nitrogens is 2. The highest BCUT2D eigenvalue weighted by Crippen LogP contribution is 2.17. The number of carbonyl (C=O) groups excluding carboxylic acids is 1. The first-order valence-electron chi connectivity index (χ1n) is 5.30. The van der Waals surface area contributed by atoms with Crippen LogP contribution in [0.15, 0.2) is 0 Å². The van der Waals surface area contributed by atoms with E-state index in [0.29, 0.717) is 16.6 Å². The minimum atomic E-state index is -0.896. The fourth-order valence-electron chi connectivity index (χ4n) is 1.01. The zero-order chi connectivity index (χ0) is 13.8. The summed E-state index contributed by atoms with van der Waals surface area (Å²) in [7, 11) is 0. The van der Waals surface area contributed by atoms with Crippen molar-refractivity contribution in [2.75, 3.05) is 5.32 Å². The van der Waals surface area contributed by atoms with E-state index in [1.165, 1.54) is 0 Å². The maximum atomic E-state index is 11.4. The SMILES string of the molecule is CC(C)(C)OC(=O)Nc1nnc(CCC(=O)O)s1. The van der Waals surface area contributed by atoms with Gasteiger partial charge in [0.05, 0.1) is 6.42 Å². The smallest absolute Gasteiger partial charge is 0.414 e. The summed E-state index contributed by atoms with van der Waals surface area (Å²) in [6.07, 6.45) is -0.326. The van der Waals surface area contributed by atoms with Crippen molar-refractivity contribution in [2.45, 2.75) is 39.2 Å². The molecule has 7 nitrogen and oxygen atoms in total. The van der Waals surface area contributed by atoms with Gasteiger partial charge in [0.25, 0.3) is 0 Å². The number of hydrogen-bond acceptors (Lipinski definition) is 6. The van der Waals surface area contributed by atoms with E-state index < -0.39 is 17.7 Å². The Bertz CT molecular complexity index is 439. The third-order valence-corrected chi connectivity index (χ3v) is 2.53. The highest BCUT2D eigenvalue weighted by atomic mass is 32.1. The summed E-state index contributed by atoms with van der Waals surface area (Å²) in [5, 5.41) is 19.3. The molecule has 1 aromatic rings. The van der Waals surface area contributed by atoms with Crippen molar-refractivity contribution >= 4 is 28.5 Å². The Kier molecular flexibility index (Phi) is 4.60. The number of nitrogens with zero attached hydrogens (tertiary/aromatic N) is 2. The molecule has 0 fully saturated rings. The molecule has 0 aromatic carbocycles. The Balaban J connectivity index is 2.48. The Morgan fingerprint density at radius 3 is 2.61 bits per heavy atom. The van der Waals surface area contributed by atoms with Gasteiger partial charge in [0.1, 0.15) is 10.6 Å². The molecule has 18 heavy (non-hydrogen) atoms. The van der Waals surface area contributed by atoms with Gasteiger partial charge in [0.2, 0.25) is 5.13 Å². The molecule has 100 valence electrons. The topological polar surface area (TPSA) is 101 Å². The number of amides is 1. The van der Waals surface area contributed by atoms with Crippen LogP contribution in [0.1, 0.15) is 32.2 Å². The van der Waals surface area contributed by atoms with Crippen LogP contribution < -0.4 is 5.32 Å². The van der Waals surface area contributed by atoms with Crippen LogP contribution in [-0.4, -0.2) is 33.0 Å². The summed E-state index contributed by atoms with van der Waals surface area (Å²) in [6, 6.07) is 0. The van der Waals surface area contributed by atoms with Gasteiger partial charge in [0.15, 0.2) is 0 Å². The zero-order valence-electron chi connectivity index (χ0n) is 10.4. The second-order valence-corrected chi connectivity index (χ2v) is 5.58. The number of carboxylic acid groups (broad SMARTS) is 1. The molecule has 2 N–H and O–H groups in total. The van der Waals surface area contributed by atoms with E-state index in [2.05, 4.69) is 15.5 Å². The van der Waals surface area contributed by atoms with Gasteiger partial charge in [-0.3, -0.25) is 10.1 Å². The maximum Gasteiger partial charge on any atom is 0.414 e. The second kappa shape index (κ2) is 5.76. The molecule has 0 atom stereocenters. The summed E-state index contributed by atoms with van der Waals surface area (Å²) in [6.45, 7) is 5.26. The van der Waals surface area contributed by atoms with Crippen LogP contribution in [0.25, 0.3) is 0 Å². The molecule has 8 heteroatoms. The Morgan fingerprint density at radius 1 is 1.39 bits per heavy atom. The van der Waals surface area contributed by atoms with Gasteiger partial charge in [-0.05, 0) is 20.8 Å². The quantitative estimate of drug-likeness (QED) is 0.868. The molecule has 1 rings (SSSR count). The highest BCUT2D eigenvalue weighted by Gasteiger charge is 2.17. The van der Waals surface area contributed by atoms with Crippen molar-refractivity contribution < 1.29 is 19.4 Å². The van der Waals surface area contributed by atoms with Gasteiger partial charge in [-0.1, -0.05) is 11.3 Å². The molecule has 1 aromatic heterocycles. The van der Waals surface area contributed by atoms with Crippen molar-refractivity contribution in [3.05, 3.63) is 5.01 Å². The molecule has 1 heterocycles. The Morgan fingerprint density at radius 2 is 2.06 bits per heavy atom. The lowest BCUT2D eigenvalue weighted by Gasteiger charge is -2.18. The number of anilines is 1. The first-order chi connectivity index (χ1) is 8.26. The number of carboxylic acids is 1. The Hall–Kier alpha value is -1.70. The van der Waals surface area contributed by atoms with Crippen LogP contribution in [0, 0.1) is 0 Å². The molecule has 0 unspecified atom stereocenters. The first kappa shape index (κ1) is 14.4. The number of rotatable bonds is 4. The number of hydrogen-bond donors (Lipinski definition) is 2. The summed E-state index contributed by atoms with van der Waals surface area (Å²) >= 11 is 1.13. The van der Waals surface area contributed by atoms with Gasteiger partial charge in [-0.2, -0.15) is 0 Å². The van der Waals surface area contributed by atoms with E-state index >= 15 is 0 Å². The maximum absolute atomic E-state index is 11.4. The lowest BCUT2D eigenvalue weighted by atomic mass is 10.2. The van der Waals surface area contributed by atoms with Gasteiger partial charge in [-0.25, -0.2) is 4.79 Å². The standard InChI is InChI=1S/C10H15N3O4S/c1-10(2,3)17-9(16)11-8-13-12-6(18-8)4-5-7(14)15/h4-5H2,1-3H3,(H,14,15)(H,11,13,16). The predicted octanol–water partition coefficient (Wildman–Crippen LogP) is 1.90. The molecule has 0 spiro atoms. The highest BCUT2D eigenvalue weighted by molar-refractivity contribution is 7.15. The average molecular weight is 273 g/mol. The zero-order valence-corrected chi connectivity index (χ0v) is 11.2. The van der Waals surface area contributed by atoms with E-state index in [1.54, 1.807) is 20.8 Å². The van der Waals surface area contributed by atoms with Crippen LogP contribution in [0.3, 0.4) is 0 Å². The number of aliphatic carboxylic acids is 1. The fourth-order valence-corrected chi connectivity index (χ4v) is 1.73. The third-order valence-electron chi connectivity index (χ3n) is 1.63. The van der Waals surface area contributed by atoms with Crippen molar-refractivity contribution in [3.8, 4) is 0 Å². The van der Waals surface area contributed by atoms with Crippen LogP contribution in [-0.2, 0) is 16.0 Å². The number of nitrogens with one attached hydrogen (secondary N) is 1.